The van der Waals surface area contributed by atoms with Gasteiger partial charge in [-0.05, 0) is 12.1 Å². The summed E-state index contributed by atoms with van der Waals surface area (Å²) < 4.78 is 0. The highest BCUT2D eigenvalue weighted by molar-refractivity contribution is 5.94. The Kier molecular flexibility index (Phi) is 3.35. The molecule has 0 aliphatic rings. The first-order valence-electron chi connectivity index (χ1n) is 6.60. The third-order valence-electron chi connectivity index (χ3n) is 3.31. The van der Waals surface area contributed by atoms with E-state index in [0.717, 1.165) is 23.3 Å². The van der Waals surface area contributed by atoms with Gasteiger partial charge < -0.3 is 15.6 Å². The molecule has 0 bridgehead atoms. The Balaban J connectivity index is 2.04. The van der Waals surface area contributed by atoms with Crippen molar-refractivity contribution in [1.29, 1.82) is 0 Å². The summed E-state index contributed by atoms with van der Waals surface area (Å²) >= 11 is 0. The largest absolute Gasteiger partial charge is 0.360 e. The summed E-state index contributed by atoms with van der Waals surface area (Å²) in [7, 11) is 1.95. The predicted molar refractivity (Wildman–Crippen MR) is 81.6 cm³/mol. The summed E-state index contributed by atoms with van der Waals surface area (Å²) in [6.45, 7) is 1.31. The Labute approximate surface area is 117 Å². The quantitative estimate of drug-likeness (QED) is 0.758. The Morgan fingerprint density at radius 1 is 1.25 bits per heavy atom. The zero-order valence-corrected chi connectivity index (χ0v) is 11.4. The van der Waals surface area contributed by atoms with Crippen LogP contribution in [0.3, 0.4) is 0 Å². The van der Waals surface area contributed by atoms with Crippen LogP contribution in [0.4, 0.5) is 5.95 Å². The molecule has 3 N–H and O–H groups in total. The van der Waals surface area contributed by atoms with E-state index in [-0.39, 0.29) is 0 Å². The number of hydrogen-bond donors (Lipinski definition) is 2. The topological polar surface area (TPSA) is 70.8 Å². The molecule has 2 heterocycles. The average Bonchev–Trinajstić information content (AvgIpc) is 2.91. The average molecular weight is 267 g/mol. The van der Waals surface area contributed by atoms with Crippen LogP contribution < -0.4 is 10.6 Å². The van der Waals surface area contributed by atoms with Crippen molar-refractivity contribution in [2.45, 2.75) is 0 Å². The highest BCUT2D eigenvalue weighted by Crippen LogP contribution is 2.27. The minimum absolute atomic E-state index is 0.581. The van der Waals surface area contributed by atoms with Gasteiger partial charge in [-0.25, -0.2) is 9.97 Å². The smallest absolute Gasteiger partial charge is 0.225 e. The van der Waals surface area contributed by atoms with Gasteiger partial charge in [-0.2, -0.15) is 0 Å². The summed E-state index contributed by atoms with van der Waals surface area (Å²) in [5.74, 6) is 0.693. The van der Waals surface area contributed by atoms with Gasteiger partial charge in [0.2, 0.25) is 5.95 Å². The van der Waals surface area contributed by atoms with Gasteiger partial charge in [-0.3, -0.25) is 0 Å². The lowest BCUT2D eigenvalue weighted by Gasteiger charge is -2.15. The molecule has 0 atom stereocenters. The molecule has 0 aliphatic carbocycles. The van der Waals surface area contributed by atoms with Crippen LogP contribution >= 0.6 is 0 Å². The maximum atomic E-state index is 5.57. The lowest BCUT2D eigenvalue weighted by molar-refractivity contribution is 0.847. The normalized spacial score (nSPS) is 10.9. The van der Waals surface area contributed by atoms with Crippen LogP contribution in [-0.2, 0) is 0 Å². The molecular weight excluding hydrogens is 250 g/mol. The van der Waals surface area contributed by atoms with Crippen LogP contribution in [-0.4, -0.2) is 35.1 Å². The van der Waals surface area contributed by atoms with E-state index >= 15 is 0 Å². The molecule has 20 heavy (non-hydrogen) atoms. The molecule has 0 unspecified atom stereocenters. The molecule has 0 radical (unpaired) electrons. The van der Waals surface area contributed by atoms with Crippen molar-refractivity contribution in [2.75, 3.05) is 25.0 Å². The SMILES string of the molecule is CN(CCN)c1nccc(-c2c[nH]c3ccccc23)n1. The lowest BCUT2D eigenvalue weighted by Crippen LogP contribution is -2.26. The Morgan fingerprint density at radius 2 is 2.10 bits per heavy atom. The van der Waals surface area contributed by atoms with Gasteiger partial charge in [0.05, 0.1) is 5.69 Å². The van der Waals surface area contributed by atoms with Crippen molar-refractivity contribution in [3.8, 4) is 11.3 Å². The van der Waals surface area contributed by atoms with Crippen molar-refractivity contribution in [3.63, 3.8) is 0 Å². The third-order valence-corrected chi connectivity index (χ3v) is 3.31. The number of hydrogen-bond acceptors (Lipinski definition) is 4. The number of nitrogens with zero attached hydrogens (tertiary/aromatic N) is 3. The number of para-hydroxylation sites is 1. The van der Waals surface area contributed by atoms with Crippen LogP contribution in [0.1, 0.15) is 0 Å². The summed E-state index contributed by atoms with van der Waals surface area (Å²) in [6.07, 6.45) is 3.77. The molecule has 3 aromatic rings. The number of fused-ring (bicyclic) bond motifs is 1. The van der Waals surface area contributed by atoms with Crippen LogP contribution in [0.5, 0.6) is 0 Å². The van der Waals surface area contributed by atoms with Gasteiger partial charge in [-0.15, -0.1) is 0 Å². The summed E-state index contributed by atoms with van der Waals surface area (Å²) in [5.41, 5.74) is 8.68. The first-order valence-corrected chi connectivity index (χ1v) is 6.60. The van der Waals surface area contributed by atoms with Gasteiger partial charge in [0.15, 0.2) is 0 Å². The summed E-state index contributed by atoms with van der Waals surface area (Å²) in [6, 6.07) is 10.1. The molecule has 2 aromatic heterocycles. The maximum Gasteiger partial charge on any atom is 0.225 e. The summed E-state index contributed by atoms with van der Waals surface area (Å²) in [4.78, 5) is 14.1. The van der Waals surface area contributed by atoms with Crippen LogP contribution in [0.25, 0.3) is 22.2 Å². The minimum Gasteiger partial charge on any atom is -0.360 e. The zero-order valence-electron chi connectivity index (χ0n) is 11.4. The Morgan fingerprint density at radius 3 is 2.95 bits per heavy atom. The van der Waals surface area contributed by atoms with E-state index in [0.29, 0.717) is 12.5 Å². The number of benzene rings is 1. The van der Waals surface area contributed by atoms with E-state index in [2.05, 4.69) is 27.1 Å². The van der Waals surface area contributed by atoms with Crippen LogP contribution in [0.15, 0.2) is 42.7 Å². The van der Waals surface area contributed by atoms with Crippen LogP contribution in [0.2, 0.25) is 0 Å². The van der Waals surface area contributed by atoms with Gasteiger partial charge in [0.1, 0.15) is 0 Å². The molecule has 0 aliphatic heterocycles. The lowest BCUT2D eigenvalue weighted by atomic mass is 10.1. The van der Waals surface area contributed by atoms with Gasteiger partial charge >= 0.3 is 0 Å². The Bertz CT molecular complexity index is 719. The molecule has 0 fully saturated rings. The number of nitrogens with two attached hydrogens (primary N) is 1. The minimum atomic E-state index is 0.581. The fraction of sp³-hybridized carbons (Fsp3) is 0.200. The van der Waals surface area contributed by atoms with E-state index in [1.807, 2.05) is 36.3 Å². The van der Waals surface area contributed by atoms with E-state index in [1.54, 1.807) is 6.20 Å². The van der Waals surface area contributed by atoms with Crippen molar-refractivity contribution in [2.24, 2.45) is 5.73 Å². The second-order valence-electron chi connectivity index (χ2n) is 4.70. The second kappa shape index (κ2) is 5.30. The van der Waals surface area contributed by atoms with Crippen molar-refractivity contribution < 1.29 is 0 Å². The number of aromatic nitrogens is 3. The van der Waals surface area contributed by atoms with E-state index in [4.69, 9.17) is 5.73 Å². The molecule has 0 saturated carbocycles. The fourth-order valence-electron chi connectivity index (χ4n) is 2.26. The number of rotatable bonds is 4. The molecule has 1 aromatic carbocycles. The molecule has 5 heteroatoms. The van der Waals surface area contributed by atoms with Gasteiger partial charge in [0, 0.05) is 49.0 Å². The van der Waals surface area contributed by atoms with E-state index < -0.39 is 0 Å². The van der Waals surface area contributed by atoms with Crippen LogP contribution in [0, 0.1) is 0 Å². The summed E-state index contributed by atoms with van der Waals surface area (Å²) in [5, 5.41) is 1.17. The number of nitrogens with one attached hydrogen (secondary N) is 1. The third kappa shape index (κ3) is 2.23. The predicted octanol–water partition coefficient (Wildman–Crippen LogP) is 2.02. The van der Waals surface area contributed by atoms with Crippen molar-refractivity contribution in [3.05, 3.63) is 42.7 Å². The standard InChI is InChI=1S/C15H17N5/c1-20(9-7-16)15-17-8-6-14(19-15)12-10-18-13-5-3-2-4-11(12)13/h2-6,8,10,18H,7,9,16H2,1H3. The number of anilines is 1. The number of H-pyrrole nitrogens is 1. The van der Waals surface area contributed by atoms with Gasteiger partial charge in [-0.1, -0.05) is 18.2 Å². The van der Waals surface area contributed by atoms with Crippen molar-refractivity contribution in [1.82, 2.24) is 15.0 Å². The van der Waals surface area contributed by atoms with E-state index in [1.165, 1.54) is 5.39 Å². The first-order chi connectivity index (χ1) is 9.79. The molecule has 0 saturated heterocycles. The molecule has 0 spiro atoms. The zero-order chi connectivity index (χ0) is 13.9. The molecule has 5 nitrogen and oxygen atoms in total. The molecular formula is C15H17N5. The van der Waals surface area contributed by atoms with Gasteiger partial charge in [0.25, 0.3) is 0 Å². The second-order valence-corrected chi connectivity index (χ2v) is 4.70. The first kappa shape index (κ1) is 12.6. The Hall–Kier alpha value is -2.40. The monoisotopic (exact) mass is 267 g/mol. The number of aromatic amines is 1. The fourth-order valence-corrected chi connectivity index (χ4v) is 2.26. The van der Waals surface area contributed by atoms with Crippen molar-refractivity contribution >= 4 is 16.9 Å². The molecule has 0 amide bonds. The molecule has 3 rings (SSSR count). The molecule has 102 valence electrons. The maximum absolute atomic E-state index is 5.57. The number of likely N-dealkylation sites (N-methyl/N-ethyl adjacent to an activating group) is 1. The highest BCUT2D eigenvalue weighted by Gasteiger charge is 2.09. The highest BCUT2D eigenvalue weighted by atomic mass is 15.2. The van der Waals surface area contributed by atoms with E-state index in [9.17, 15) is 0 Å².